The van der Waals surface area contributed by atoms with Crippen molar-refractivity contribution in [2.24, 2.45) is 5.73 Å². The SMILES string of the molecule is CSc1ccc(Nc2nc3cc(C(N)=O)ccc3n2Cc2ccccc2C(C)(F)F)cc1. The Balaban J connectivity index is 1.82. The first kappa shape index (κ1) is 21.8. The summed E-state index contributed by atoms with van der Waals surface area (Å²) in [6, 6.07) is 19.2. The quantitative estimate of drug-likeness (QED) is 0.350. The first-order chi connectivity index (χ1) is 15.3. The lowest BCUT2D eigenvalue weighted by Crippen LogP contribution is -2.14. The molecule has 0 radical (unpaired) electrons. The molecule has 32 heavy (non-hydrogen) atoms. The number of amides is 1. The van der Waals surface area contributed by atoms with Gasteiger partial charge < -0.3 is 15.6 Å². The number of anilines is 2. The van der Waals surface area contributed by atoms with E-state index in [9.17, 15) is 13.6 Å². The minimum absolute atomic E-state index is 0.0362. The highest BCUT2D eigenvalue weighted by molar-refractivity contribution is 7.98. The number of imidazole rings is 1. The van der Waals surface area contributed by atoms with Crippen molar-refractivity contribution < 1.29 is 13.6 Å². The average molecular weight is 453 g/mol. The molecule has 3 N–H and O–H groups in total. The fraction of sp³-hybridized carbons (Fsp3) is 0.167. The molecule has 5 nitrogen and oxygen atoms in total. The molecule has 0 unspecified atom stereocenters. The lowest BCUT2D eigenvalue weighted by molar-refractivity contribution is 0.0165. The topological polar surface area (TPSA) is 72.9 Å². The van der Waals surface area contributed by atoms with Crippen LogP contribution < -0.4 is 11.1 Å². The Morgan fingerprint density at radius 3 is 2.50 bits per heavy atom. The van der Waals surface area contributed by atoms with Crippen molar-refractivity contribution in [2.75, 3.05) is 11.6 Å². The summed E-state index contributed by atoms with van der Waals surface area (Å²) in [4.78, 5) is 17.4. The predicted molar refractivity (Wildman–Crippen MR) is 125 cm³/mol. The molecule has 1 aromatic heterocycles. The zero-order valence-electron chi connectivity index (χ0n) is 17.6. The first-order valence-electron chi connectivity index (χ1n) is 9.93. The van der Waals surface area contributed by atoms with Crippen LogP contribution in [0.1, 0.15) is 28.4 Å². The summed E-state index contributed by atoms with van der Waals surface area (Å²) < 4.78 is 30.3. The third kappa shape index (κ3) is 4.45. The van der Waals surface area contributed by atoms with Crippen molar-refractivity contribution in [1.82, 2.24) is 9.55 Å². The van der Waals surface area contributed by atoms with Gasteiger partial charge in [0.15, 0.2) is 0 Å². The summed E-state index contributed by atoms with van der Waals surface area (Å²) in [6.07, 6.45) is 2.00. The van der Waals surface area contributed by atoms with Gasteiger partial charge in [0.1, 0.15) is 0 Å². The molecular weight excluding hydrogens is 430 g/mol. The second-order valence-electron chi connectivity index (χ2n) is 7.49. The van der Waals surface area contributed by atoms with Crippen LogP contribution in [0.15, 0.2) is 71.6 Å². The molecule has 0 aliphatic heterocycles. The number of carbonyl (C=O) groups is 1. The molecule has 0 saturated carbocycles. The van der Waals surface area contributed by atoms with Gasteiger partial charge in [0, 0.05) is 28.6 Å². The number of rotatable bonds is 7. The molecule has 4 aromatic rings. The molecule has 164 valence electrons. The largest absolute Gasteiger partial charge is 0.366 e. The Labute approximate surface area is 188 Å². The zero-order chi connectivity index (χ0) is 22.9. The van der Waals surface area contributed by atoms with Crippen molar-refractivity contribution in [2.45, 2.75) is 24.3 Å². The Morgan fingerprint density at radius 1 is 1.12 bits per heavy atom. The minimum atomic E-state index is -2.98. The number of fused-ring (bicyclic) bond motifs is 1. The lowest BCUT2D eigenvalue weighted by atomic mass is 10.0. The summed E-state index contributed by atoms with van der Waals surface area (Å²) in [5, 5.41) is 3.28. The second kappa shape index (κ2) is 8.63. The van der Waals surface area contributed by atoms with Gasteiger partial charge in [0.2, 0.25) is 11.9 Å². The third-order valence-corrected chi connectivity index (χ3v) is 5.94. The molecular formula is C24H22F2N4OS. The van der Waals surface area contributed by atoms with Crippen molar-refractivity contribution in [3.8, 4) is 0 Å². The second-order valence-corrected chi connectivity index (χ2v) is 8.37. The van der Waals surface area contributed by atoms with E-state index in [1.165, 1.54) is 6.07 Å². The number of hydrogen-bond donors (Lipinski definition) is 2. The number of alkyl halides is 2. The Bertz CT molecular complexity index is 1280. The van der Waals surface area contributed by atoms with Crippen molar-refractivity contribution in [3.05, 3.63) is 83.4 Å². The smallest absolute Gasteiger partial charge is 0.270 e. The minimum Gasteiger partial charge on any atom is -0.366 e. The maximum absolute atomic E-state index is 14.2. The van der Waals surface area contributed by atoms with Gasteiger partial charge in [0.05, 0.1) is 17.6 Å². The number of nitrogens with two attached hydrogens (primary N) is 1. The number of primary amides is 1. The summed E-state index contributed by atoms with van der Waals surface area (Å²) in [5.74, 6) is -3.06. The van der Waals surface area contributed by atoms with Crippen LogP contribution in [-0.2, 0) is 12.5 Å². The van der Waals surface area contributed by atoms with Gasteiger partial charge in [0.25, 0.3) is 5.92 Å². The van der Waals surface area contributed by atoms with Gasteiger partial charge >= 0.3 is 0 Å². The normalized spacial score (nSPS) is 11.6. The van der Waals surface area contributed by atoms with Crippen LogP contribution in [0, 0.1) is 0 Å². The summed E-state index contributed by atoms with van der Waals surface area (Å²) in [6.45, 7) is 1.07. The van der Waals surface area contributed by atoms with Crippen LogP contribution in [0.5, 0.6) is 0 Å². The van der Waals surface area contributed by atoms with Crippen molar-refractivity contribution in [3.63, 3.8) is 0 Å². The first-order valence-corrected chi connectivity index (χ1v) is 11.2. The Morgan fingerprint density at radius 2 is 1.84 bits per heavy atom. The molecule has 1 amide bonds. The maximum Gasteiger partial charge on any atom is 0.270 e. The fourth-order valence-electron chi connectivity index (χ4n) is 3.60. The summed E-state index contributed by atoms with van der Waals surface area (Å²) in [7, 11) is 0. The van der Waals surface area contributed by atoms with E-state index in [1.807, 2.05) is 35.1 Å². The standard InChI is InChI=1S/C24H22F2N4OS/c1-24(25,26)19-6-4-3-5-16(19)14-30-21-12-7-15(22(27)31)13-20(21)29-23(30)28-17-8-10-18(32-2)11-9-17/h3-13H,14H2,1-2H3,(H2,27,31)(H,28,29). The van der Waals surface area contributed by atoms with E-state index in [0.717, 1.165) is 17.5 Å². The van der Waals surface area contributed by atoms with E-state index in [-0.39, 0.29) is 12.1 Å². The number of thioether (sulfide) groups is 1. The molecule has 0 bridgehead atoms. The Hall–Kier alpha value is -3.39. The highest BCUT2D eigenvalue weighted by Gasteiger charge is 2.27. The molecule has 0 aliphatic carbocycles. The number of hydrogen-bond acceptors (Lipinski definition) is 4. The van der Waals surface area contributed by atoms with Crippen LogP contribution in [0.4, 0.5) is 20.4 Å². The van der Waals surface area contributed by atoms with E-state index in [0.29, 0.717) is 28.1 Å². The molecule has 1 heterocycles. The van der Waals surface area contributed by atoms with Crippen LogP contribution in [0.3, 0.4) is 0 Å². The van der Waals surface area contributed by atoms with E-state index < -0.39 is 11.8 Å². The van der Waals surface area contributed by atoms with Crippen molar-refractivity contribution >= 4 is 40.3 Å². The molecule has 4 rings (SSSR count). The van der Waals surface area contributed by atoms with Crippen LogP contribution in [0.2, 0.25) is 0 Å². The summed E-state index contributed by atoms with van der Waals surface area (Å²) in [5.41, 5.74) is 8.26. The Kier molecular flexibility index (Phi) is 5.88. The number of carbonyl (C=O) groups excluding carboxylic acids is 1. The van der Waals surface area contributed by atoms with Gasteiger partial charge in [-0.15, -0.1) is 11.8 Å². The highest BCUT2D eigenvalue weighted by Crippen LogP contribution is 2.32. The van der Waals surface area contributed by atoms with Gasteiger partial charge in [-0.2, -0.15) is 0 Å². The molecule has 0 spiro atoms. The number of nitrogens with zero attached hydrogens (tertiary/aromatic N) is 2. The van der Waals surface area contributed by atoms with Gasteiger partial charge in [-0.05, 0) is 54.3 Å². The van der Waals surface area contributed by atoms with E-state index in [1.54, 1.807) is 48.2 Å². The van der Waals surface area contributed by atoms with Gasteiger partial charge in [-0.1, -0.05) is 24.3 Å². The molecule has 3 aromatic carbocycles. The summed E-state index contributed by atoms with van der Waals surface area (Å²) >= 11 is 1.64. The van der Waals surface area contributed by atoms with E-state index in [4.69, 9.17) is 5.73 Å². The monoisotopic (exact) mass is 452 g/mol. The molecule has 0 aliphatic rings. The van der Waals surface area contributed by atoms with Crippen LogP contribution >= 0.6 is 11.8 Å². The number of nitrogens with one attached hydrogen (secondary N) is 1. The molecule has 0 fully saturated rings. The highest BCUT2D eigenvalue weighted by atomic mass is 32.2. The van der Waals surface area contributed by atoms with Crippen molar-refractivity contribution in [1.29, 1.82) is 0 Å². The zero-order valence-corrected chi connectivity index (χ0v) is 18.4. The number of halogens is 2. The lowest BCUT2D eigenvalue weighted by Gasteiger charge is -2.18. The van der Waals surface area contributed by atoms with E-state index in [2.05, 4.69) is 10.3 Å². The fourth-order valence-corrected chi connectivity index (χ4v) is 4.01. The molecule has 0 atom stereocenters. The average Bonchev–Trinajstić information content (AvgIpc) is 3.10. The predicted octanol–water partition coefficient (Wildman–Crippen LogP) is 5.76. The number of aromatic nitrogens is 2. The molecule has 8 heteroatoms. The van der Waals surface area contributed by atoms with Crippen LogP contribution in [-0.4, -0.2) is 21.7 Å². The van der Waals surface area contributed by atoms with Gasteiger partial charge in [-0.3, -0.25) is 4.79 Å². The van der Waals surface area contributed by atoms with Crippen LogP contribution in [0.25, 0.3) is 11.0 Å². The van der Waals surface area contributed by atoms with E-state index >= 15 is 0 Å². The van der Waals surface area contributed by atoms with Gasteiger partial charge in [-0.25, -0.2) is 13.8 Å². The third-order valence-electron chi connectivity index (χ3n) is 5.20. The number of benzene rings is 3. The molecule has 0 saturated heterocycles. The maximum atomic E-state index is 14.2.